The zero-order valence-corrected chi connectivity index (χ0v) is 15.1. The number of fused-ring (bicyclic) bond motifs is 1. The van der Waals surface area contributed by atoms with Crippen LogP contribution in [0.25, 0.3) is 10.9 Å². The van der Waals surface area contributed by atoms with Gasteiger partial charge in [0.1, 0.15) is 17.1 Å². The van der Waals surface area contributed by atoms with Crippen molar-refractivity contribution in [2.45, 2.75) is 38.8 Å². The van der Waals surface area contributed by atoms with Crippen LogP contribution in [0.2, 0.25) is 0 Å². The molecule has 0 spiro atoms. The molecule has 6 nitrogen and oxygen atoms in total. The van der Waals surface area contributed by atoms with Crippen molar-refractivity contribution in [3.63, 3.8) is 0 Å². The predicted octanol–water partition coefficient (Wildman–Crippen LogP) is 2.49. The van der Waals surface area contributed by atoms with Crippen molar-refractivity contribution in [2.24, 2.45) is 11.1 Å². The van der Waals surface area contributed by atoms with Gasteiger partial charge >= 0.3 is 5.97 Å². The van der Waals surface area contributed by atoms with E-state index in [0.29, 0.717) is 13.1 Å². The fourth-order valence-electron chi connectivity index (χ4n) is 3.84. The first-order valence-electron chi connectivity index (χ1n) is 8.92. The van der Waals surface area contributed by atoms with Crippen LogP contribution in [0.15, 0.2) is 17.1 Å². The molecule has 0 radical (unpaired) electrons. The lowest BCUT2D eigenvalue weighted by Crippen LogP contribution is -2.35. The van der Waals surface area contributed by atoms with E-state index in [-0.39, 0.29) is 34.1 Å². The van der Waals surface area contributed by atoms with Gasteiger partial charge in [-0.1, -0.05) is 13.8 Å². The Kier molecular flexibility index (Phi) is 3.82. The van der Waals surface area contributed by atoms with Crippen molar-refractivity contribution in [3.05, 3.63) is 39.7 Å². The van der Waals surface area contributed by atoms with Gasteiger partial charge in [-0.25, -0.2) is 13.6 Å². The number of nitrogens with zero attached hydrogens (tertiary/aromatic N) is 2. The fourth-order valence-corrected chi connectivity index (χ4v) is 3.84. The Bertz CT molecular complexity index is 1030. The van der Waals surface area contributed by atoms with E-state index in [1.807, 2.05) is 13.8 Å². The van der Waals surface area contributed by atoms with Crippen LogP contribution >= 0.6 is 0 Å². The number of hydrogen-bond acceptors (Lipinski definition) is 4. The highest BCUT2D eigenvalue weighted by molar-refractivity contribution is 5.94. The van der Waals surface area contributed by atoms with Crippen LogP contribution in [-0.4, -0.2) is 34.8 Å². The molecular weight excluding hydrogens is 356 g/mol. The smallest absolute Gasteiger partial charge is 0.341 e. The molecule has 27 heavy (non-hydrogen) atoms. The van der Waals surface area contributed by atoms with Crippen LogP contribution in [0.1, 0.15) is 43.1 Å². The second kappa shape index (κ2) is 5.76. The molecule has 0 unspecified atom stereocenters. The highest BCUT2D eigenvalue weighted by Gasteiger charge is 2.40. The normalized spacial score (nSPS) is 21.8. The third kappa shape index (κ3) is 2.70. The van der Waals surface area contributed by atoms with Crippen LogP contribution in [-0.2, 0) is 0 Å². The summed E-state index contributed by atoms with van der Waals surface area (Å²) in [6, 6.07) is 0.626. The molecule has 144 valence electrons. The van der Waals surface area contributed by atoms with Gasteiger partial charge in [-0.2, -0.15) is 0 Å². The zero-order valence-electron chi connectivity index (χ0n) is 15.1. The minimum Gasteiger partial charge on any atom is -0.477 e. The average Bonchev–Trinajstić information content (AvgIpc) is 3.35. The van der Waals surface area contributed by atoms with E-state index < -0.39 is 28.6 Å². The molecule has 1 atom stereocenters. The second-order valence-corrected chi connectivity index (χ2v) is 8.21. The Morgan fingerprint density at radius 1 is 1.33 bits per heavy atom. The van der Waals surface area contributed by atoms with E-state index in [9.17, 15) is 19.1 Å². The van der Waals surface area contributed by atoms with Crippen molar-refractivity contribution in [3.8, 4) is 0 Å². The minimum atomic E-state index is -1.41. The number of rotatable bonds is 3. The van der Waals surface area contributed by atoms with E-state index in [0.717, 1.165) is 18.9 Å². The molecule has 3 N–H and O–H groups in total. The first-order chi connectivity index (χ1) is 12.6. The lowest BCUT2D eigenvalue weighted by molar-refractivity contribution is 0.0695. The number of hydrogen-bond donors (Lipinski definition) is 2. The van der Waals surface area contributed by atoms with E-state index in [4.69, 9.17) is 5.73 Å². The van der Waals surface area contributed by atoms with E-state index in [1.165, 1.54) is 10.8 Å². The number of benzene rings is 1. The fraction of sp³-hybridized carbons (Fsp3) is 0.474. The molecule has 2 fully saturated rings. The van der Waals surface area contributed by atoms with Crippen LogP contribution < -0.4 is 16.1 Å². The van der Waals surface area contributed by atoms with Crippen LogP contribution in [0.4, 0.5) is 14.5 Å². The Labute approximate surface area is 154 Å². The van der Waals surface area contributed by atoms with Crippen molar-refractivity contribution < 1.29 is 18.7 Å². The molecule has 8 heteroatoms. The standard InChI is InChI=1S/C19H21F2N3O3/c1-19(2)8-23(7-13(19)22)16-12(20)5-10-15(14(16)21)24(9-3-4-9)6-11(17(10)25)18(26)27/h5-6,9,13H,3-4,7-8,22H2,1-2H3,(H,26,27)/t13-/m0/s1. The highest BCUT2D eigenvalue weighted by atomic mass is 19.1. The highest BCUT2D eigenvalue weighted by Crippen LogP contribution is 2.41. The lowest BCUT2D eigenvalue weighted by atomic mass is 9.89. The maximum atomic E-state index is 15.5. The summed E-state index contributed by atoms with van der Waals surface area (Å²) in [6.45, 7) is 4.56. The predicted molar refractivity (Wildman–Crippen MR) is 97.3 cm³/mol. The first-order valence-corrected chi connectivity index (χ1v) is 8.92. The van der Waals surface area contributed by atoms with Gasteiger partial charge in [0.2, 0.25) is 5.43 Å². The largest absolute Gasteiger partial charge is 0.477 e. The number of aromatic carboxylic acids is 1. The number of aromatic nitrogens is 1. The number of carboxylic acid groups (broad SMARTS) is 1. The molecule has 2 aromatic rings. The van der Waals surface area contributed by atoms with Crippen molar-refractivity contribution in [1.82, 2.24) is 4.57 Å². The van der Waals surface area contributed by atoms with Gasteiger partial charge in [-0.3, -0.25) is 4.79 Å². The monoisotopic (exact) mass is 377 g/mol. The van der Waals surface area contributed by atoms with Gasteiger partial charge in [0.15, 0.2) is 5.82 Å². The van der Waals surface area contributed by atoms with Crippen LogP contribution in [0, 0.1) is 17.0 Å². The second-order valence-electron chi connectivity index (χ2n) is 8.21. The van der Waals surface area contributed by atoms with Gasteiger partial charge in [0.05, 0.1) is 10.9 Å². The summed E-state index contributed by atoms with van der Waals surface area (Å²) >= 11 is 0. The molecule has 2 heterocycles. The molecule has 2 aliphatic rings. The quantitative estimate of drug-likeness (QED) is 0.858. The number of halogens is 2. The summed E-state index contributed by atoms with van der Waals surface area (Å²) in [5.41, 5.74) is 4.20. The molecule has 4 rings (SSSR count). The van der Waals surface area contributed by atoms with Gasteiger partial charge in [-0.15, -0.1) is 0 Å². The Morgan fingerprint density at radius 2 is 2.00 bits per heavy atom. The maximum absolute atomic E-state index is 15.5. The number of pyridine rings is 1. The number of carboxylic acids is 1. The van der Waals surface area contributed by atoms with Gasteiger partial charge < -0.3 is 20.3 Å². The third-order valence-electron chi connectivity index (χ3n) is 5.69. The lowest BCUT2D eigenvalue weighted by Gasteiger charge is -2.24. The number of carbonyl (C=O) groups is 1. The molecule has 1 saturated carbocycles. The van der Waals surface area contributed by atoms with Crippen molar-refractivity contribution >= 4 is 22.6 Å². The van der Waals surface area contributed by atoms with E-state index in [1.54, 1.807) is 4.90 Å². The molecule has 1 saturated heterocycles. The van der Waals surface area contributed by atoms with Crippen LogP contribution in [0.5, 0.6) is 0 Å². The topological polar surface area (TPSA) is 88.6 Å². The summed E-state index contributed by atoms with van der Waals surface area (Å²) in [4.78, 5) is 25.5. The number of nitrogens with two attached hydrogens (primary N) is 1. The first kappa shape index (κ1) is 17.9. The van der Waals surface area contributed by atoms with Crippen molar-refractivity contribution in [2.75, 3.05) is 18.0 Å². The van der Waals surface area contributed by atoms with Gasteiger partial charge in [0, 0.05) is 31.4 Å². The summed E-state index contributed by atoms with van der Waals surface area (Å²) in [5.74, 6) is -3.13. The Hall–Kier alpha value is -2.48. The molecule has 1 aliphatic carbocycles. The molecule has 1 aliphatic heterocycles. The summed E-state index contributed by atoms with van der Waals surface area (Å²) in [7, 11) is 0. The summed E-state index contributed by atoms with van der Waals surface area (Å²) in [6.07, 6.45) is 2.69. The molecule has 0 bridgehead atoms. The summed E-state index contributed by atoms with van der Waals surface area (Å²) < 4.78 is 31.8. The maximum Gasteiger partial charge on any atom is 0.341 e. The molecule has 1 aromatic carbocycles. The van der Waals surface area contributed by atoms with Gasteiger partial charge in [-0.05, 0) is 24.3 Å². The third-order valence-corrected chi connectivity index (χ3v) is 5.69. The molecule has 0 amide bonds. The Morgan fingerprint density at radius 3 is 2.52 bits per heavy atom. The summed E-state index contributed by atoms with van der Waals surface area (Å²) in [5, 5.41) is 9.03. The van der Waals surface area contributed by atoms with Crippen molar-refractivity contribution in [1.29, 1.82) is 0 Å². The average molecular weight is 377 g/mol. The molecular formula is C19H21F2N3O3. The minimum absolute atomic E-state index is 0.0397. The number of anilines is 1. The van der Waals surface area contributed by atoms with Gasteiger partial charge in [0.25, 0.3) is 0 Å². The molecule has 1 aromatic heterocycles. The Balaban J connectivity index is 1.99. The SMILES string of the molecule is CC1(C)CN(c2c(F)cc3c(=O)c(C(=O)O)cn(C4CC4)c3c2F)C[C@@H]1N. The van der Waals surface area contributed by atoms with E-state index in [2.05, 4.69) is 0 Å². The van der Waals surface area contributed by atoms with E-state index >= 15 is 4.39 Å². The van der Waals surface area contributed by atoms with Crippen LogP contribution in [0.3, 0.4) is 0 Å². The zero-order chi connectivity index (χ0) is 19.7.